The lowest BCUT2D eigenvalue weighted by atomic mass is 10.2. The zero-order chi connectivity index (χ0) is 13.9. The fraction of sp³-hybridized carbons (Fsp3) is 0.455. The predicted molar refractivity (Wildman–Crippen MR) is 65.5 cm³/mol. The summed E-state index contributed by atoms with van der Waals surface area (Å²) in [5.74, 6) is 0.266. The van der Waals surface area contributed by atoms with Crippen LogP contribution in [0.3, 0.4) is 0 Å². The van der Waals surface area contributed by atoms with Crippen molar-refractivity contribution in [2.45, 2.75) is 20.4 Å². The van der Waals surface area contributed by atoms with Crippen LogP contribution in [-0.4, -0.2) is 46.6 Å². The number of carbonyl (C=O) groups is 2. The molecule has 0 aliphatic heterocycles. The van der Waals surface area contributed by atoms with E-state index in [1.807, 2.05) is 6.92 Å². The highest BCUT2D eigenvalue weighted by Crippen LogP contribution is 2.15. The standard InChI is InChI=1S/C11H16N4O3/c1-7-8(2)12-10(15(4)6-16)13-9(7)5-14(3)11(17)18/h6H,5H2,1-4H3,(H,17,18). The molecule has 0 saturated heterocycles. The molecular formula is C11H16N4O3. The molecule has 7 heteroatoms. The molecule has 0 fully saturated rings. The van der Waals surface area contributed by atoms with Gasteiger partial charge in [-0.05, 0) is 19.4 Å². The van der Waals surface area contributed by atoms with Crippen LogP contribution in [0, 0.1) is 13.8 Å². The Morgan fingerprint density at radius 1 is 1.33 bits per heavy atom. The molecule has 1 aromatic rings. The fourth-order valence-electron chi connectivity index (χ4n) is 1.32. The molecule has 0 unspecified atom stereocenters. The molecule has 7 nitrogen and oxygen atoms in total. The van der Waals surface area contributed by atoms with Crippen LogP contribution in [0.15, 0.2) is 0 Å². The molecule has 0 aromatic carbocycles. The van der Waals surface area contributed by atoms with E-state index in [0.717, 1.165) is 16.2 Å². The minimum absolute atomic E-state index is 0.157. The zero-order valence-corrected chi connectivity index (χ0v) is 10.8. The van der Waals surface area contributed by atoms with E-state index in [-0.39, 0.29) is 12.5 Å². The molecule has 18 heavy (non-hydrogen) atoms. The van der Waals surface area contributed by atoms with Crippen LogP contribution in [0.25, 0.3) is 0 Å². The second-order valence-electron chi connectivity index (χ2n) is 4.04. The topological polar surface area (TPSA) is 86.6 Å². The van der Waals surface area contributed by atoms with E-state index >= 15 is 0 Å². The summed E-state index contributed by atoms with van der Waals surface area (Å²) in [5, 5.41) is 8.84. The molecule has 0 radical (unpaired) electrons. The Balaban J connectivity index is 3.14. The van der Waals surface area contributed by atoms with Gasteiger partial charge in [0.2, 0.25) is 12.4 Å². The van der Waals surface area contributed by atoms with Gasteiger partial charge >= 0.3 is 6.09 Å². The lowest BCUT2D eigenvalue weighted by molar-refractivity contribution is -0.107. The number of rotatable bonds is 4. The van der Waals surface area contributed by atoms with Crippen molar-refractivity contribution >= 4 is 18.5 Å². The number of hydrogen-bond acceptors (Lipinski definition) is 4. The Kier molecular flexibility index (Phi) is 4.19. The van der Waals surface area contributed by atoms with E-state index < -0.39 is 6.09 Å². The van der Waals surface area contributed by atoms with E-state index in [2.05, 4.69) is 9.97 Å². The Morgan fingerprint density at radius 2 is 1.94 bits per heavy atom. The summed E-state index contributed by atoms with van der Waals surface area (Å²) < 4.78 is 0. The highest BCUT2D eigenvalue weighted by atomic mass is 16.4. The molecule has 1 aromatic heterocycles. The number of aryl methyl sites for hydroxylation is 1. The van der Waals surface area contributed by atoms with Crippen molar-refractivity contribution in [1.29, 1.82) is 0 Å². The SMILES string of the molecule is Cc1nc(N(C)C=O)nc(CN(C)C(=O)O)c1C. The normalized spacial score (nSPS) is 10.0. The predicted octanol–water partition coefficient (Wildman–Crippen LogP) is 0.796. The van der Waals surface area contributed by atoms with Crippen molar-refractivity contribution in [2.24, 2.45) is 0 Å². The van der Waals surface area contributed by atoms with Gasteiger partial charge in [0.05, 0.1) is 12.2 Å². The summed E-state index contributed by atoms with van der Waals surface area (Å²) >= 11 is 0. The van der Waals surface area contributed by atoms with Crippen molar-refractivity contribution in [3.05, 3.63) is 17.0 Å². The first kappa shape index (κ1) is 13.9. The Labute approximate surface area is 105 Å². The summed E-state index contributed by atoms with van der Waals surface area (Å²) in [4.78, 5) is 32.2. The summed E-state index contributed by atoms with van der Waals surface area (Å²) in [7, 11) is 3.00. The fourth-order valence-corrected chi connectivity index (χ4v) is 1.32. The Bertz CT molecular complexity index is 476. The van der Waals surface area contributed by atoms with Crippen LogP contribution in [0.2, 0.25) is 0 Å². The van der Waals surface area contributed by atoms with E-state index in [9.17, 15) is 9.59 Å². The molecule has 0 spiro atoms. The first-order valence-corrected chi connectivity index (χ1v) is 5.33. The van der Waals surface area contributed by atoms with E-state index in [1.165, 1.54) is 11.9 Å². The minimum atomic E-state index is -1.03. The van der Waals surface area contributed by atoms with Crippen LogP contribution in [0.1, 0.15) is 17.0 Å². The number of amides is 2. The lowest BCUT2D eigenvalue weighted by Crippen LogP contribution is -2.26. The smallest absolute Gasteiger partial charge is 0.407 e. The summed E-state index contributed by atoms with van der Waals surface area (Å²) in [6.45, 7) is 3.78. The Morgan fingerprint density at radius 3 is 2.44 bits per heavy atom. The van der Waals surface area contributed by atoms with Crippen LogP contribution in [-0.2, 0) is 11.3 Å². The maximum atomic E-state index is 10.8. The van der Waals surface area contributed by atoms with Gasteiger partial charge in [-0.15, -0.1) is 0 Å². The molecule has 1 N–H and O–H groups in total. The molecule has 0 saturated carbocycles. The van der Waals surface area contributed by atoms with Crippen molar-refractivity contribution in [3.8, 4) is 0 Å². The molecule has 1 heterocycles. The largest absolute Gasteiger partial charge is 0.465 e. The van der Waals surface area contributed by atoms with Crippen molar-refractivity contribution in [1.82, 2.24) is 14.9 Å². The summed E-state index contributed by atoms with van der Waals surface area (Å²) in [6.07, 6.45) is -0.426. The van der Waals surface area contributed by atoms with Gasteiger partial charge in [-0.2, -0.15) is 0 Å². The van der Waals surface area contributed by atoms with Crippen LogP contribution in [0.5, 0.6) is 0 Å². The van der Waals surface area contributed by atoms with Gasteiger partial charge in [-0.25, -0.2) is 14.8 Å². The van der Waals surface area contributed by atoms with Crippen LogP contribution >= 0.6 is 0 Å². The first-order chi connectivity index (χ1) is 8.36. The van der Waals surface area contributed by atoms with Gasteiger partial charge in [0.15, 0.2) is 0 Å². The lowest BCUT2D eigenvalue weighted by Gasteiger charge is -2.17. The molecule has 1 rings (SSSR count). The zero-order valence-electron chi connectivity index (χ0n) is 10.8. The monoisotopic (exact) mass is 252 g/mol. The molecule has 0 aliphatic carbocycles. The number of carbonyl (C=O) groups excluding carboxylic acids is 1. The number of carboxylic acid groups (broad SMARTS) is 1. The number of aromatic nitrogens is 2. The average molecular weight is 252 g/mol. The highest BCUT2D eigenvalue weighted by Gasteiger charge is 2.14. The van der Waals surface area contributed by atoms with E-state index in [1.54, 1.807) is 14.0 Å². The second-order valence-corrected chi connectivity index (χ2v) is 4.04. The molecule has 0 aliphatic rings. The highest BCUT2D eigenvalue weighted by molar-refractivity contribution is 5.70. The third-order valence-electron chi connectivity index (χ3n) is 2.67. The van der Waals surface area contributed by atoms with Gasteiger partial charge in [0.1, 0.15) is 0 Å². The average Bonchev–Trinajstić information content (AvgIpc) is 2.33. The minimum Gasteiger partial charge on any atom is -0.465 e. The number of nitrogens with zero attached hydrogens (tertiary/aromatic N) is 4. The summed E-state index contributed by atoms with van der Waals surface area (Å²) in [6, 6.07) is 0. The van der Waals surface area contributed by atoms with Gasteiger partial charge in [0.25, 0.3) is 0 Å². The van der Waals surface area contributed by atoms with E-state index in [0.29, 0.717) is 12.1 Å². The quantitative estimate of drug-likeness (QED) is 0.801. The third kappa shape index (κ3) is 2.93. The summed E-state index contributed by atoms with van der Waals surface area (Å²) in [5.41, 5.74) is 2.14. The Hall–Kier alpha value is -2.18. The van der Waals surface area contributed by atoms with Gasteiger partial charge in [-0.3, -0.25) is 9.69 Å². The first-order valence-electron chi connectivity index (χ1n) is 5.33. The number of anilines is 1. The van der Waals surface area contributed by atoms with Gasteiger partial charge in [0, 0.05) is 19.8 Å². The molecule has 0 atom stereocenters. The van der Waals surface area contributed by atoms with Crippen LogP contribution < -0.4 is 4.90 Å². The molecular weight excluding hydrogens is 236 g/mol. The molecule has 0 bridgehead atoms. The maximum absolute atomic E-state index is 10.8. The van der Waals surface area contributed by atoms with Crippen molar-refractivity contribution in [3.63, 3.8) is 0 Å². The maximum Gasteiger partial charge on any atom is 0.407 e. The van der Waals surface area contributed by atoms with Gasteiger partial charge in [-0.1, -0.05) is 0 Å². The van der Waals surface area contributed by atoms with Gasteiger partial charge < -0.3 is 10.0 Å². The number of hydrogen-bond donors (Lipinski definition) is 1. The van der Waals surface area contributed by atoms with Crippen LogP contribution in [0.4, 0.5) is 10.7 Å². The molecule has 98 valence electrons. The van der Waals surface area contributed by atoms with Crippen molar-refractivity contribution in [2.75, 3.05) is 19.0 Å². The third-order valence-corrected chi connectivity index (χ3v) is 2.67. The van der Waals surface area contributed by atoms with Crippen molar-refractivity contribution < 1.29 is 14.7 Å². The molecule has 2 amide bonds. The second kappa shape index (κ2) is 5.44. The van der Waals surface area contributed by atoms with E-state index in [4.69, 9.17) is 5.11 Å².